The van der Waals surface area contributed by atoms with Crippen molar-refractivity contribution in [3.8, 4) is 0 Å². The fraction of sp³-hybridized carbons (Fsp3) is 0.923. The van der Waals surface area contributed by atoms with E-state index in [1.807, 2.05) is 4.90 Å². The Morgan fingerprint density at radius 3 is 2.58 bits per heavy atom. The van der Waals surface area contributed by atoms with Crippen LogP contribution in [0.5, 0.6) is 0 Å². The molecule has 19 heavy (non-hydrogen) atoms. The van der Waals surface area contributed by atoms with Crippen molar-refractivity contribution in [2.75, 3.05) is 52.5 Å². The van der Waals surface area contributed by atoms with E-state index in [-0.39, 0.29) is 23.7 Å². The quantitative estimate of drug-likeness (QED) is 0.811. The van der Waals surface area contributed by atoms with Crippen LogP contribution in [-0.2, 0) is 9.53 Å². The first-order valence-electron chi connectivity index (χ1n) is 6.91. The lowest BCUT2D eigenvalue weighted by Crippen LogP contribution is -2.42. The van der Waals surface area contributed by atoms with Crippen LogP contribution in [-0.4, -0.2) is 68.2 Å². The maximum Gasteiger partial charge on any atom is 0.224 e. The number of carbonyl (C=O) groups is 1. The van der Waals surface area contributed by atoms with Gasteiger partial charge in [0.05, 0.1) is 13.2 Å². The van der Waals surface area contributed by atoms with Gasteiger partial charge in [-0.2, -0.15) is 0 Å². The van der Waals surface area contributed by atoms with Gasteiger partial charge in [-0.1, -0.05) is 6.92 Å². The van der Waals surface area contributed by atoms with Crippen molar-refractivity contribution in [2.45, 2.75) is 19.8 Å². The van der Waals surface area contributed by atoms with E-state index in [1.54, 1.807) is 0 Å². The minimum atomic E-state index is 0. The van der Waals surface area contributed by atoms with E-state index in [0.717, 1.165) is 45.7 Å². The molecule has 0 saturated carbocycles. The van der Waals surface area contributed by atoms with Gasteiger partial charge in [-0.25, -0.2) is 0 Å². The van der Waals surface area contributed by atoms with E-state index >= 15 is 0 Å². The first kappa shape index (κ1) is 16.7. The first-order chi connectivity index (χ1) is 8.63. The molecule has 2 aliphatic heterocycles. The number of rotatable bonds is 4. The van der Waals surface area contributed by atoms with Crippen molar-refractivity contribution in [3.63, 3.8) is 0 Å². The Hall–Kier alpha value is -0.360. The molecular formula is C13H26ClN3O2. The fourth-order valence-corrected chi connectivity index (χ4v) is 2.71. The summed E-state index contributed by atoms with van der Waals surface area (Å²) in [7, 11) is 0. The van der Waals surface area contributed by atoms with Crippen molar-refractivity contribution >= 4 is 18.3 Å². The molecule has 0 aliphatic carbocycles. The molecular weight excluding hydrogens is 266 g/mol. The van der Waals surface area contributed by atoms with Crippen LogP contribution in [0.2, 0.25) is 0 Å². The number of nitrogens with zero attached hydrogens (tertiary/aromatic N) is 2. The van der Waals surface area contributed by atoms with E-state index in [4.69, 9.17) is 10.5 Å². The van der Waals surface area contributed by atoms with E-state index in [2.05, 4.69) is 11.8 Å². The average molecular weight is 292 g/mol. The van der Waals surface area contributed by atoms with Crippen LogP contribution >= 0.6 is 12.4 Å². The molecule has 0 aromatic rings. The summed E-state index contributed by atoms with van der Waals surface area (Å²) in [6.07, 6.45) is 1.77. The highest BCUT2D eigenvalue weighted by atomic mass is 35.5. The molecule has 1 amide bonds. The van der Waals surface area contributed by atoms with Crippen LogP contribution in [0, 0.1) is 5.41 Å². The minimum Gasteiger partial charge on any atom is -0.378 e. The summed E-state index contributed by atoms with van der Waals surface area (Å²) < 4.78 is 5.25. The lowest BCUT2D eigenvalue weighted by atomic mass is 9.90. The van der Waals surface area contributed by atoms with Gasteiger partial charge in [0.2, 0.25) is 5.91 Å². The number of halogens is 1. The Morgan fingerprint density at radius 1 is 1.32 bits per heavy atom. The van der Waals surface area contributed by atoms with Gasteiger partial charge in [0, 0.05) is 32.6 Å². The zero-order chi connectivity index (χ0) is 13.0. The third-order valence-electron chi connectivity index (χ3n) is 4.14. The molecule has 2 N–H and O–H groups in total. The van der Waals surface area contributed by atoms with Crippen LogP contribution < -0.4 is 5.73 Å². The van der Waals surface area contributed by atoms with E-state index in [1.165, 1.54) is 0 Å². The largest absolute Gasteiger partial charge is 0.378 e. The number of morpholine rings is 1. The number of likely N-dealkylation sites (tertiary alicyclic amines) is 1. The molecule has 112 valence electrons. The molecule has 2 saturated heterocycles. The summed E-state index contributed by atoms with van der Waals surface area (Å²) in [6, 6.07) is 0. The van der Waals surface area contributed by atoms with Gasteiger partial charge in [-0.05, 0) is 24.9 Å². The lowest BCUT2D eigenvalue weighted by Gasteiger charge is -2.28. The van der Waals surface area contributed by atoms with E-state index in [0.29, 0.717) is 19.6 Å². The molecule has 6 heteroatoms. The van der Waals surface area contributed by atoms with Crippen LogP contribution in [0.15, 0.2) is 0 Å². The van der Waals surface area contributed by atoms with Crippen LogP contribution in [0.25, 0.3) is 0 Å². The van der Waals surface area contributed by atoms with Crippen molar-refractivity contribution in [1.82, 2.24) is 9.80 Å². The molecule has 2 aliphatic rings. The lowest BCUT2D eigenvalue weighted by molar-refractivity contribution is -0.135. The van der Waals surface area contributed by atoms with Gasteiger partial charge in [0.1, 0.15) is 0 Å². The maximum absolute atomic E-state index is 12.0. The summed E-state index contributed by atoms with van der Waals surface area (Å²) in [4.78, 5) is 16.3. The zero-order valence-electron chi connectivity index (χ0n) is 11.8. The van der Waals surface area contributed by atoms with E-state index < -0.39 is 0 Å². The molecule has 0 aromatic carbocycles. The highest BCUT2D eigenvalue weighted by Crippen LogP contribution is 2.28. The van der Waals surface area contributed by atoms with Gasteiger partial charge in [-0.15, -0.1) is 12.4 Å². The molecule has 5 nitrogen and oxygen atoms in total. The third kappa shape index (κ3) is 4.60. The second-order valence-electron chi connectivity index (χ2n) is 5.78. The number of ether oxygens (including phenoxy) is 1. The second-order valence-corrected chi connectivity index (χ2v) is 5.78. The van der Waals surface area contributed by atoms with Gasteiger partial charge in [0.25, 0.3) is 0 Å². The number of nitrogens with two attached hydrogens (primary N) is 1. The highest BCUT2D eigenvalue weighted by Gasteiger charge is 2.32. The monoisotopic (exact) mass is 291 g/mol. The second kappa shape index (κ2) is 7.43. The predicted octanol–water partition coefficient (Wildman–Crippen LogP) is 0.328. The van der Waals surface area contributed by atoms with Gasteiger partial charge in [0.15, 0.2) is 0 Å². The Balaban J connectivity index is 0.00000180. The van der Waals surface area contributed by atoms with Crippen molar-refractivity contribution in [1.29, 1.82) is 0 Å². The molecule has 0 bridgehead atoms. The summed E-state index contributed by atoms with van der Waals surface area (Å²) in [5, 5.41) is 0. The predicted molar refractivity (Wildman–Crippen MR) is 77.5 cm³/mol. The summed E-state index contributed by atoms with van der Waals surface area (Å²) in [6.45, 7) is 8.80. The van der Waals surface area contributed by atoms with Crippen molar-refractivity contribution in [3.05, 3.63) is 0 Å². The minimum absolute atomic E-state index is 0. The average Bonchev–Trinajstić information content (AvgIpc) is 2.80. The molecule has 0 radical (unpaired) electrons. The molecule has 2 rings (SSSR count). The molecule has 2 fully saturated rings. The maximum atomic E-state index is 12.0. The zero-order valence-corrected chi connectivity index (χ0v) is 12.6. The highest BCUT2D eigenvalue weighted by molar-refractivity contribution is 5.85. The topological polar surface area (TPSA) is 58.8 Å². The van der Waals surface area contributed by atoms with Crippen LogP contribution in [0.1, 0.15) is 19.8 Å². The number of carbonyl (C=O) groups excluding carboxylic acids is 1. The third-order valence-corrected chi connectivity index (χ3v) is 4.14. The van der Waals surface area contributed by atoms with Crippen molar-refractivity contribution < 1.29 is 9.53 Å². The number of hydrogen-bond acceptors (Lipinski definition) is 4. The van der Waals surface area contributed by atoms with Crippen LogP contribution in [0.3, 0.4) is 0 Å². The van der Waals surface area contributed by atoms with E-state index in [9.17, 15) is 4.79 Å². The smallest absolute Gasteiger partial charge is 0.224 e. The standard InChI is InChI=1S/C13H25N3O2.ClH/c1-13(10-14)3-5-15(11-13)4-2-12(17)16-6-8-18-9-7-16;/h2-11,14H2,1H3;1H. The summed E-state index contributed by atoms with van der Waals surface area (Å²) in [5.41, 5.74) is 6.04. The van der Waals surface area contributed by atoms with Gasteiger partial charge < -0.3 is 20.3 Å². The summed E-state index contributed by atoms with van der Waals surface area (Å²) in [5.74, 6) is 0.264. The molecule has 0 spiro atoms. The molecule has 0 aromatic heterocycles. The van der Waals surface area contributed by atoms with Crippen LogP contribution in [0.4, 0.5) is 0 Å². The Bertz CT molecular complexity index is 298. The summed E-state index contributed by atoms with van der Waals surface area (Å²) >= 11 is 0. The Labute approximate surface area is 121 Å². The Kier molecular flexibility index (Phi) is 6.53. The number of hydrogen-bond donors (Lipinski definition) is 1. The molecule has 1 atom stereocenters. The number of amides is 1. The van der Waals surface area contributed by atoms with Crippen molar-refractivity contribution in [2.24, 2.45) is 11.1 Å². The molecule has 2 heterocycles. The first-order valence-corrected chi connectivity index (χ1v) is 6.91. The fourth-order valence-electron chi connectivity index (χ4n) is 2.71. The Morgan fingerprint density at radius 2 is 2.00 bits per heavy atom. The SMILES string of the molecule is CC1(CN)CCN(CCC(=O)N2CCOCC2)C1.Cl. The molecule has 1 unspecified atom stereocenters. The normalized spacial score (nSPS) is 28.2. The van der Waals surface area contributed by atoms with Gasteiger partial charge in [-0.3, -0.25) is 4.79 Å². The van der Waals surface area contributed by atoms with Gasteiger partial charge >= 0.3 is 0 Å².